The molecule has 2 aromatic heterocycles. The van der Waals surface area contributed by atoms with E-state index in [9.17, 15) is 9.90 Å². The number of rotatable bonds is 4. The van der Waals surface area contributed by atoms with Crippen LogP contribution in [0.5, 0.6) is 5.75 Å². The molecule has 1 amide bonds. The molecule has 0 saturated carbocycles. The number of benzene rings is 2. The van der Waals surface area contributed by atoms with Crippen LogP contribution >= 0.6 is 11.6 Å². The summed E-state index contributed by atoms with van der Waals surface area (Å²) in [7, 11) is 1.85. The number of aromatic nitrogens is 2. The summed E-state index contributed by atoms with van der Waals surface area (Å²) in [5, 5.41) is 14.0. The lowest BCUT2D eigenvalue weighted by atomic mass is 10.0. The molecule has 0 spiro atoms. The Morgan fingerprint density at radius 3 is 2.68 bits per heavy atom. The first-order chi connectivity index (χ1) is 13.5. The predicted molar refractivity (Wildman–Crippen MR) is 110 cm³/mol. The second kappa shape index (κ2) is 7.37. The van der Waals surface area contributed by atoms with Crippen LogP contribution in [-0.2, 0) is 13.6 Å². The normalized spacial score (nSPS) is 10.9. The summed E-state index contributed by atoms with van der Waals surface area (Å²) in [4.78, 5) is 17.1. The quantitative estimate of drug-likeness (QED) is 0.537. The largest absolute Gasteiger partial charge is 0.508 e. The van der Waals surface area contributed by atoms with Crippen LogP contribution < -0.4 is 5.32 Å². The van der Waals surface area contributed by atoms with Gasteiger partial charge in [-0.2, -0.15) is 0 Å². The maximum atomic E-state index is 12.8. The topological polar surface area (TPSA) is 67.2 Å². The fraction of sp³-hybridized carbons (Fsp3) is 0.0909. The summed E-state index contributed by atoms with van der Waals surface area (Å²) in [5.41, 5.74) is 4.17. The first kappa shape index (κ1) is 18.1. The van der Waals surface area contributed by atoms with Gasteiger partial charge in [-0.1, -0.05) is 35.9 Å². The molecule has 0 radical (unpaired) electrons. The number of hydrogen-bond donors (Lipinski definition) is 2. The number of fused-ring (bicyclic) bond motifs is 1. The molecule has 28 heavy (non-hydrogen) atoms. The number of hydrogen-bond acceptors (Lipinski definition) is 3. The molecular weight excluding hydrogens is 374 g/mol. The third-order valence-electron chi connectivity index (χ3n) is 4.72. The first-order valence-corrected chi connectivity index (χ1v) is 9.16. The fourth-order valence-corrected chi connectivity index (χ4v) is 3.46. The molecule has 6 heteroatoms. The number of carbonyl (C=O) groups excluding carboxylic acids is 1. The van der Waals surface area contributed by atoms with Gasteiger partial charge in [0.2, 0.25) is 0 Å². The van der Waals surface area contributed by atoms with Crippen LogP contribution in [0, 0.1) is 0 Å². The minimum absolute atomic E-state index is 0.171. The predicted octanol–water partition coefficient (Wildman–Crippen LogP) is 4.53. The van der Waals surface area contributed by atoms with E-state index in [1.165, 1.54) is 0 Å². The maximum Gasteiger partial charge on any atom is 0.268 e. The summed E-state index contributed by atoms with van der Waals surface area (Å²) in [6.07, 6.45) is 3.51. The van der Waals surface area contributed by atoms with Gasteiger partial charge in [0.15, 0.2) is 0 Å². The molecule has 5 nitrogen and oxygen atoms in total. The van der Waals surface area contributed by atoms with Gasteiger partial charge in [0.1, 0.15) is 11.4 Å². The van der Waals surface area contributed by atoms with Crippen molar-refractivity contribution >= 4 is 28.4 Å². The van der Waals surface area contributed by atoms with E-state index in [1.54, 1.807) is 30.6 Å². The van der Waals surface area contributed by atoms with Crippen LogP contribution in [0.3, 0.4) is 0 Å². The number of carbonyl (C=O) groups is 1. The molecule has 2 aromatic carbocycles. The van der Waals surface area contributed by atoms with Gasteiger partial charge in [-0.3, -0.25) is 9.78 Å². The number of amides is 1. The van der Waals surface area contributed by atoms with Crippen LogP contribution in [0.1, 0.15) is 16.1 Å². The van der Waals surface area contributed by atoms with Gasteiger partial charge in [-0.15, -0.1) is 0 Å². The molecule has 0 fully saturated rings. The number of phenols is 1. The maximum absolute atomic E-state index is 12.8. The van der Waals surface area contributed by atoms with Crippen LogP contribution in [0.15, 0.2) is 67.0 Å². The second-order valence-corrected chi connectivity index (χ2v) is 7.00. The van der Waals surface area contributed by atoms with Gasteiger partial charge in [-0.05, 0) is 41.5 Å². The van der Waals surface area contributed by atoms with E-state index >= 15 is 0 Å². The number of aryl methyl sites for hydroxylation is 1. The van der Waals surface area contributed by atoms with Gasteiger partial charge in [0.05, 0.1) is 11.7 Å². The molecular formula is C22H18ClN3O2. The van der Waals surface area contributed by atoms with Gasteiger partial charge in [0, 0.05) is 35.8 Å². The van der Waals surface area contributed by atoms with E-state index in [0.717, 1.165) is 27.6 Å². The molecule has 140 valence electrons. The zero-order valence-corrected chi connectivity index (χ0v) is 15.9. The van der Waals surface area contributed by atoms with Crippen LogP contribution in [0.2, 0.25) is 5.02 Å². The second-order valence-electron chi connectivity index (χ2n) is 6.57. The summed E-state index contributed by atoms with van der Waals surface area (Å²) < 4.78 is 1.83. The Balaban J connectivity index is 1.66. The van der Waals surface area contributed by atoms with Crippen molar-refractivity contribution in [2.45, 2.75) is 6.54 Å². The van der Waals surface area contributed by atoms with E-state index in [2.05, 4.69) is 10.3 Å². The fourth-order valence-electron chi connectivity index (χ4n) is 3.25. The Morgan fingerprint density at radius 2 is 1.93 bits per heavy atom. The monoisotopic (exact) mass is 391 g/mol. The standard InChI is InChI=1S/C22H18ClN3O2/c1-26-20(22(28)25-11-14-3-2-4-16(23)9-14)10-18-19(12-24-13-21(18)26)15-5-7-17(27)8-6-15/h2-10,12-13,27H,11H2,1H3,(H,25,28). The molecule has 2 N–H and O–H groups in total. The molecule has 0 atom stereocenters. The number of nitrogens with zero attached hydrogens (tertiary/aromatic N) is 2. The van der Waals surface area contributed by atoms with Crippen molar-refractivity contribution in [3.8, 4) is 16.9 Å². The Kier molecular flexibility index (Phi) is 4.75. The van der Waals surface area contributed by atoms with E-state index in [0.29, 0.717) is 17.3 Å². The number of phenolic OH excluding ortho intramolecular Hbond substituents is 1. The average Bonchev–Trinajstić information content (AvgIpc) is 3.04. The Morgan fingerprint density at radius 1 is 1.14 bits per heavy atom. The molecule has 0 unspecified atom stereocenters. The Bertz CT molecular complexity index is 1170. The Hall–Kier alpha value is -3.31. The van der Waals surface area contributed by atoms with Crippen molar-refractivity contribution < 1.29 is 9.90 Å². The number of pyridine rings is 1. The van der Waals surface area contributed by atoms with E-state index < -0.39 is 0 Å². The zero-order valence-electron chi connectivity index (χ0n) is 15.2. The zero-order chi connectivity index (χ0) is 19.7. The molecule has 4 aromatic rings. The summed E-state index contributed by atoms with van der Waals surface area (Å²) in [6, 6.07) is 16.2. The lowest BCUT2D eigenvalue weighted by Gasteiger charge is -2.07. The van der Waals surface area contributed by atoms with Crippen molar-refractivity contribution in [2.24, 2.45) is 7.05 Å². The van der Waals surface area contributed by atoms with Crippen LogP contribution in [-0.4, -0.2) is 20.6 Å². The van der Waals surface area contributed by atoms with E-state index in [-0.39, 0.29) is 11.7 Å². The molecule has 4 rings (SSSR count). The molecule has 0 saturated heterocycles. The van der Waals surface area contributed by atoms with Gasteiger partial charge >= 0.3 is 0 Å². The SMILES string of the molecule is Cn1c(C(=O)NCc2cccc(Cl)c2)cc2c(-c3ccc(O)cc3)cncc21. The van der Waals surface area contributed by atoms with Crippen molar-refractivity contribution in [1.82, 2.24) is 14.9 Å². The van der Waals surface area contributed by atoms with Crippen molar-refractivity contribution in [1.29, 1.82) is 0 Å². The molecule has 0 aliphatic heterocycles. The highest BCUT2D eigenvalue weighted by Crippen LogP contribution is 2.30. The third kappa shape index (κ3) is 3.44. The summed E-state index contributed by atoms with van der Waals surface area (Å²) in [5.74, 6) is 0.0355. The van der Waals surface area contributed by atoms with Crippen LogP contribution in [0.25, 0.3) is 22.0 Å². The van der Waals surface area contributed by atoms with Crippen LogP contribution in [0.4, 0.5) is 0 Å². The highest BCUT2D eigenvalue weighted by molar-refractivity contribution is 6.30. The van der Waals surface area contributed by atoms with Crippen molar-refractivity contribution in [3.05, 3.63) is 83.3 Å². The average molecular weight is 392 g/mol. The van der Waals surface area contributed by atoms with Gasteiger partial charge < -0.3 is 15.0 Å². The lowest BCUT2D eigenvalue weighted by molar-refractivity contribution is 0.0943. The summed E-state index contributed by atoms with van der Waals surface area (Å²) in [6.45, 7) is 0.393. The van der Waals surface area contributed by atoms with Gasteiger partial charge in [-0.25, -0.2) is 0 Å². The van der Waals surface area contributed by atoms with Crippen molar-refractivity contribution in [2.75, 3.05) is 0 Å². The first-order valence-electron chi connectivity index (χ1n) is 8.78. The number of aromatic hydroxyl groups is 1. The molecule has 0 aliphatic carbocycles. The molecule has 0 aliphatic rings. The number of nitrogens with one attached hydrogen (secondary N) is 1. The third-order valence-corrected chi connectivity index (χ3v) is 4.96. The van der Waals surface area contributed by atoms with E-state index in [1.807, 2.05) is 48.0 Å². The minimum atomic E-state index is -0.171. The number of halogens is 1. The van der Waals surface area contributed by atoms with Gasteiger partial charge in [0.25, 0.3) is 5.91 Å². The Labute approximate surface area is 167 Å². The highest BCUT2D eigenvalue weighted by atomic mass is 35.5. The molecule has 0 bridgehead atoms. The summed E-state index contributed by atoms with van der Waals surface area (Å²) >= 11 is 6.00. The smallest absolute Gasteiger partial charge is 0.268 e. The van der Waals surface area contributed by atoms with Crippen molar-refractivity contribution in [3.63, 3.8) is 0 Å². The molecule has 2 heterocycles. The lowest BCUT2D eigenvalue weighted by Crippen LogP contribution is -2.24. The minimum Gasteiger partial charge on any atom is -0.508 e. The van der Waals surface area contributed by atoms with E-state index in [4.69, 9.17) is 11.6 Å². The highest BCUT2D eigenvalue weighted by Gasteiger charge is 2.16.